The van der Waals surface area contributed by atoms with Gasteiger partial charge in [-0.15, -0.1) is 0 Å². The minimum Gasteiger partial charge on any atom is -0.456 e. The molecule has 0 unspecified atom stereocenters. The summed E-state index contributed by atoms with van der Waals surface area (Å²) in [6, 6.07) is 120. The summed E-state index contributed by atoms with van der Waals surface area (Å²) < 4.78 is 13.4. The lowest BCUT2D eigenvalue weighted by Gasteiger charge is -2.19. The van der Waals surface area contributed by atoms with Gasteiger partial charge in [0, 0.05) is 26.0 Å². The van der Waals surface area contributed by atoms with Crippen molar-refractivity contribution in [1.29, 1.82) is 0 Å². The van der Waals surface area contributed by atoms with E-state index in [4.69, 9.17) is 8.83 Å². The van der Waals surface area contributed by atoms with Crippen LogP contribution in [0.1, 0.15) is 0 Å². The lowest BCUT2D eigenvalue weighted by atomic mass is 9.72. The highest BCUT2D eigenvalue weighted by molar-refractivity contribution is 9.10. The van der Waals surface area contributed by atoms with Crippen LogP contribution in [0.3, 0.4) is 0 Å². The van der Waals surface area contributed by atoms with E-state index in [1.165, 1.54) is 115 Å². The van der Waals surface area contributed by atoms with Gasteiger partial charge in [-0.3, -0.25) is 0 Å². The van der Waals surface area contributed by atoms with Crippen LogP contribution in [0.2, 0.25) is 0 Å². The minimum absolute atomic E-state index is 0.560. The van der Waals surface area contributed by atoms with Gasteiger partial charge in [-0.25, -0.2) is 0 Å². The van der Waals surface area contributed by atoms with E-state index >= 15 is 0 Å². The van der Waals surface area contributed by atoms with Gasteiger partial charge < -0.3 is 18.9 Å². The molecule has 98 heavy (non-hydrogen) atoms. The normalized spacial score (nSPS) is 11.6. The van der Waals surface area contributed by atoms with Crippen molar-refractivity contribution in [3.05, 3.63) is 344 Å². The van der Waals surface area contributed by atoms with Crippen molar-refractivity contribution in [2.45, 2.75) is 0 Å². The summed E-state index contributed by atoms with van der Waals surface area (Å²) in [6.45, 7) is 0. The van der Waals surface area contributed by atoms with Crippen LogP contribution in [0, 0.1) is 0 Å². The van der Waals surface area contributed by atoms with Gasteiger partial charge in [0.2, 0.25) is 0 Å². The first-order chi connectivity index (χ1) is 48.3. The Kier molecular flexibility index (Phi) is 14.6. The number of fused-ring (bicyclic) bond motifs is 14. The molecule has 4 nitrogen and oxygen atoms in total. The standard InChI is InChI=1S/C46H28O.C24H17BO2.C22H13BrO/c1-2-12-33-28-44-42(26-32(33)11-1)41-27-34(24-25-43(41)47-44)29-20-22-31(23-21-29)45-37-15-5-7-17-39(37)46(40-18-8-6-16-38(40)45)36-19-9-13-30-10-3-4-14-35(30)36;26-25(27)24-21-13-5-3-11-19(21)23(20-12-4-6-14-22(20)24)18-15-7-9-16-8-1-2-10-17(16)18;23-18-8-5-14(6-9-18)17-7-10-21-19(12-17)20-11-15-3-1-2-4-16(15)13-22(20)24-21/h1-28H;1-15,26-27H;1-13H. The van der Waals surface area contributed by atoms with Crippen molar-refractivity contribution in [1.82, 2.24) is 0 Å². The van der Waals surface area contributed by atoms with E-state index in [1.807, 2.05) is 42.5 Å². The monoisotopic (exact) mass is 1320 g/mol. The highest BCUT2D eigenvalue weighted by atomic mass is 79.9. The Bertz CT molecular complexity index is 6420. The molecule has 0 fully saturated rings. The van der Waals surface area contributed by atoms with Crippen LogP contribution in [0.15, 0.2) is 353 Å². The van der Waals surface area contributed by atoms with Gasteiger partial charge in [0.1, 0.15) is 22.3 Å². The second-order valence-corrected chi connectivity index (χ2v) is 26.2. The molecular weight excluding hydrogens is 1260 g/mol. The van der Waals surface area contributed by atoms with Crippen molar-refractivity contribution < 1.29 is 18.9 Å². The third-order valence-electron chi connectivity index (χ3n) is 19.6. The molecule has 460 valence electrons. The highest BCUT2D eigenvalue weighted by Crippen LogP contribution is 2.47. The SMILES string of the molecule is Brc1ccc(-c2ccc3oc4cc5ccccc5cc4c3c2)cc1.OB(O)c1c2ccccc2c(-c2cccc3ccccc23)c2ccccc12.c1ccc2cc3c(cc2c1)oc1ccc(-c2ccc(-c4c5ccccc5c(-c5cccc6ccccc56)c5ccccc45)cc2)cc13. The van der Waals surface area contributed by atoms with Crippen molar-refractivity contribution >= 4 is 159 Å². The zero-order valence-electron chi connectivity index (χ0n) is 53.0. The molecule has 2 N–H and O–H groups in total. The molecular formula is C92H58BBrO4. The lowest BCUT2D eigenvalue weighted by molar-refractivity contribution is 0.426. The molecule has 0 radical (unpaired) electrons. The van der Waals surface area contributed by atoms with Crippen LogP contribution >= 0.6 is 15.9 Å². The molecule has 0 spiro atoms. The summed E-state index contributed by atoms with van der Waals surface area (Å²) in [7, 11) is -1.53. The zero-order valence-corrected chi connectivity index (χ0v) is 54.6. The Hall–Kier alpha value is -11.9. The second-order valence-electron chi connectivity index (χ2n) is 25.2. The topological polar surface area (TPSA) is 66.7 Å². The molecule has 0 amide bonds. The van der Waals surface area contributed by atoms with Gasteiger partial charge in [-0.1, -0.05) is 295 Å². The predicted octanol–water partition coefficient (Wildman–Crippen LogP) is 24.9. The third kappa shape index (κ3) is 10.2. The Morgan fingerprint density at radius 3 is 0.918 bits per heavy atom. The van der Waals surface area contributed by atoms with E-state index in [-0.39, 0.29) is 0 Å². The first-order valence-corrected chi connectivity index (χ1v) is 33.9. The van der Waals surface area contributed by atoms with E-state index in [2.05, 4.69) is 313 Å². The fourth-order valence-electron chi connectivity index (χ4n) is 15.1. The molecule has 2 heterocycles. The molecule has 6 heteroatoms. The minimum atomic E-state index is -1.53. The summed E-state index contributed by atoms with van der Waals surface area (Å²) >= 11 is 3.49. The van der Waals surface area contributed by atoms with Crippen LogP contribution < -0.4 is 5.46 Å². The molecule has 20 aromatic rings. The molecule has 0 aliphatic rings. The van der Waals surface area contributed by atoms with Gasteiger partial charge in [0.25, 0.3) is 0 Å². The van der Waals surface area contributed by atoms with Gasteiger partial charge in [0.05, 0.1) is 0 Å². The van der Waals surface area contributed by atoms with Crippen LogP contribution in [0.5, 0.6) is 0 Å². The molecule has 0 saturated carbocycles. The van der Waals surface area contributed by atoms with Crippen molar-refractivity contribution in [3.8, 4) is 55.6 Å². The fourth-order valence-corrected chi connectivity index (χ4v) is 15.4. The summed E-state index contributed by atoms with van der Waals surface area (Å²) in [5, 5.41) is 43.5. The largest absolute Gasteiger partial charge is 0.489 e. The number of hydrogen-bond acceptors (Lipinski definition) is 4. The third-order valence-corrected chi connectivity index (χ3v) is 20.2. The smallest absolute Gasteiger partial charge is 0.456 e. The van der Waals surface area contributed by atoms with Crippen LogP contribution in [-0.2, 0) is 0 Å². The quantitative estimate of drug-likeness (QED) is 0.129. The first-order valence-electron chi connectivity index (χ1n) is 33.1. The summed E-state index contributed by atoms with van der Waals surface area (Å²) in [5.74, 6) is 0. The Morgan fingerprint density at radius 2 is 0.510 bits per heavy atom. The maximum Gasteiger partial charge on any atom is 0.489 e. The zero-order chi connectivity index (χ0) is 65.4. The molecule has 0 atom stereocenters. The average Bonchev–Trinajstić information content (AvgIpc) is 1.05. The molecule has 0 aliphatic carbocycles. The molecule has 18 aromatic carbocycles. The van der Waals surface area contributed by atoms with E-state index < -0.39 is 7.12 Å². The number of furan rings is 2. The van der Waals surface area contributed by atoms with Crippen LogP contribution in [-0.4, -0.2) is 17.2 Å². The maximum absolute atomic E-state index is 10.1. The first kappa shape index (κ1) is 58.7. The van der Waals surface area contributed by atoms with Gasteiger partial charge in [0.15, 0.2) is 0 Å². The van der Waals surface area contributed by atoms with Crippen LogP contribution in [0.25, 0.3) is 186 Å². The number of hydrogen-bond donors (Lipinski definition) is 2. The van der Waals surface area contributed by atoms with E-state index in [0.29, 0.717) is 5.46 Å². The van der Waals surface area contributed by atoms with E-state index in [9.17, 15) is 10.0 Å². The number of halogens is 1. The average molecular weight is 1320 g/mol. The molecule has 20 rings (SSSR count). The molecule has 2 aromatic heterocycles. The number of rotatable bonds is 6. The Balaban J connectivity index is 0.000000116. The van der Waals surface area contributed by atoms with E-state index in [1.54, 1.807) is 0 Å². The summed E-state index contributed by atoms with van der Waals surface area (Å²) in [5.41, 5.74) is 16.4. The maximum atomic E-state index is 10.1. The molecule has 0 saturated heterocycles. The van der Waals surface area contributed by atoms with Crippen LogP contribution in [0.4, 0.5) is 0 Å². The van der Waals surface area contributed by atoms with E-state index in [0.717, 1.165) is 75.6 Å². The Labute approximate surface area is 573 Å². The second kappa shape index (κ2) is 24.4. The van der Waals surface area contributed by atoms with Gasteiger partial charge in [-0.2, -0.15) is 0 Å². The number of benzene rings is 18. The fraction of sp³-hybridized carbons (Fsp3) is 0. The highest BCUT2D eigenvalue weighted by Gasteiger charge is 2.24. The Morgan fingerprint density at radius 1 is 0.214 bits per heavy atom. The van der Waals surface area contributed by atoms with Gasteiger partial charge in [-0.05, 0) is 208 Å². The van der Waals surface area contributed by atoms with Crippen molar-refractivity contribution in [3.63, 3.8) is 0 Å². The molecule has 0 aliphatic heterocycles. The lowest BCUT2D eigenvalue weighted by Crippen LogP contribution is -2.31. The summed E-state index contributed by atoms with van der Waals surface area (Å²) in [4.78, 5) is 0. The van der Waals surface area contributed by atoms with Crippen molar-refractivity contribution in [2.24, 2.45) is 0 Å². The summed E-state index contributed by atoms with van der Waals surface area (Å²) in [6.07, 6.45) is 0. The predicted molar refractivity (Wildman–Crippen MR) is 419 cm³/mol. The molecule has 0 bridgehead atoms. The van der Waals surface area contributed by atoms with Gasteiger partial charge >= 0.3 is 7.12 Å². The van der Waals surface area contributed by atoms with Crippen molar-refractivity contribution in [2.75, 3.05) is 0 Å².